The molecule has 0 bridgehead atoms. The number of nitrogens with one attached hydrogen (secondary N) is 1. The van der Waals surface area contributed by atoms with Gasteiger partial charge in [-0.05, 0) is 55.1 Å². The average molecular weight is 332 g/mol. The van der Waals surface area contributed by atoms with Gasteiger partial charge in [-0.2, -0.15) is 0 Å². The second kappa shape index (κ2) is 6.75. The van der Waals surface area contributed by atoms with E-state index < -0.39 is 5.82 Å². The molecule has 2 rings (SSSR count). The van der Waals surface area contributed by atoms with Crippen LogP contribution in [0.3, 0.4) is 0 Å². The number of hydrogen-bond acceptors (Lipinski definition) is 1. The van der Waals surface area contributed by atoms with E-state index >= 15 is 0 Å². The Bertz CT molecular complexity index is 465. The molecule has 1 aliphatic rings. The van der Waals surface area contributed by atoms with Gasteiger partial charge in [-0.1, -0.05) is 44.0 Å². The second-order valence-electron chi connectivity index (χ2n) is 7.22. The zero-order valence-corrected chi connectivity index (χ0v) is 14.5. The molecule has 0 unspecified atom stereocenters. The van der Waals surface area contributed by atoms with Gasteiger partial charge in [0, 0.05) is 12.2 Å². The van der Waals surface area contributed by atoms with Gasteiger partial charge in [-0.3, -0.25) is 0 Å². The van der Waals surface area contributed by atoms with Gasteiger partial charge in [0.25, 0.3) is 0 Å². The van der Waals surface area contributed by atoms with Crippen molar-refractivity contribution in [1.82, 2.24) is 0 Å². The van der Waals surface area contributed by atoms with E-state index in [1.807, 2.05) is 0 Å². The van der Waals surface area contributed by atoms with Crippen molar-refractivity contribution in [3.05, 3.63) is 28.0 Å². The highest BCUT2D eigenvalue weighted by Crippen LogP contribution is 2.39. The van der Waals surface area contributed by atoms with Crippen molar-refractivity contribution in [1.29, 1.82) is 0 Å². The van der Waals surface area contributed by atoms with E-state index in [9.17, 15) is 4.39 Å². The Kier molecular flexibility index (Phi) is 5.43. The van der Waals surface area contributed by atoms with Crippen LogP contribution in [-0.4, -0.2) is 6.54 Å². The van der Waals surface area contributed by atoms with E-state index in [-0.39, 0.29) is 10.0 Å². The van der Waals surface area contributed by atoms with Crippen LogP contribution in [0.25, 0.3) is 0 Å². The molecule has 1 aromatic rings. The van der Waals surface area contributed by atoms with Crippen LogP contribution in [0.5, 0.6) is 0 Å². The molecule has 1 N–H and O–H groups in total. The van der Waals surface area contributed by atoms with Crippen LogP contribution >= 0.6 is 23.2 Å². The molecule has 0 aliphatic heterocycles. The third-order valence-corrected chi connectivity index (χ3v) is 5.20. The summed E-state index contributed by atoms with van der Waals surface area (Å²) in [4.78, 5) is 0. The summed E-state index contributed by atoms with van der Waals surface area (Å²) in [5.74, 6) is 0.948. The first kappa shape index (κ1) is 16.9. The summed E-state index contributed by atoms with van der Waals surface area (Å²) >= 11 is 11.6. The molecular formula is C17H24Cl2FN. The molecule has 1 nitrogen and oxygen atoms in total. The Morgan fingerprint density at radius 2 is 1.62 bits per heavy atom. The number of anilines is 1. The number of hydrogen-bond donors (Lipinski definition) is 1. The summed E-state index contributed by atoms with van der Waals surface area (Å²) in [6.45, 7) is 7.89. The van der Waals surface area contributed by atoms with Crippen LogP contribution in [0.4, 0.5) is 10.1 Å². The molecule has 0 saturated heterocycles. The molecule has 0 aromatic heterocycles. The molecule has 0 spiro atoms. The van der Waals surface area contributed by atoms with Gasteiger partial charge in [-0.15, -0.1) is 0 Å². The summed E-state index contributed by atoms with van der Waals surface area (Å²) < 4.78 is 13.4. The summed E-state index contributed by atoms with van der Waals surface area (Å²) in [7, 11) is 0. The second-order valence-corrected chi connectivity index (χ2v) is 8.03. The molecule has 21 heavy (non-hydrogen) atoms. The Morgan fingerprint density at radius 1 is 1.10 bits per heavy atom. The van der Waals surface area contributed by atoms with E-state index in [1.54, 1.807) is 12.1 Å². The maximum Gasteiger partial charge on any atom is 0.160 e. The zero-order chi connectivity index (χ0) is 15.6. The molecule has 0 atom stereocenters. The lowest BCUT2D eigenvalue weighted by Crippen LogP contribution is -2.28. The monoisotopic (exact) mass is 331 g/mol. The predicted octanol–water partition coefficient (Wildman–Crippen LogP) is 6.40. The van der Waals surface area contributed by atoms with Crippen molar-refractivity contribution < 1.29 is 4.39 Å². The summed E-state index contributed by atoms with van der Waals surface area (Å²) in [6, 6.07) is 3.20. The Hall–Kier alpha value is -0.470. The van der Waals surface area contributed by atoms with Crippen molar-refractivity contribution in [2.24, 2.45) is 17.3 Å². The quantitative estimate of drug-likeness (QED) is 0.632. The van der Waals surface area contributed by atoms with Crippen LogP contribution in [0.2, 0.25) is 10.0 Å². The lowest BCUT2D eigenvalue weighted by atomic mass is 9.70. The number of halogens is 3. The fraction of sp³-hybridized carbons (Fsp3) is 0.647. The minimum Gasteiger partial charge on any atom is -0.385 e. The number of benzene rings is 1. The smallest absolute Gasteiger partial charge is 0.160 e. The van der Waals surface area contributed by atoms with Crippen molar-refractivity contribution in [2.75, 3.05) is 11.9 Å². The van der Waals surface area contributed by atoms with Gasteiger partial charge < -0.3 is 5.32 Å². The third-order valence-electron chi connectivity index (χ3n) is 4.65. The van der Waals surface area contributed by atoms with E-state index in [2.05, 4.69) is 26.1 Å². The minimum absolute atomic E-state index is 0.0708. The first-order valence-electron chi connectivity index (χ1n) is 7.66. The minimum atomic E-state index is -0.547. The lowest BCUT2D eigenvalue weighted by Gasteiger charge is -2.37. The molecule has 0 heterocycles. The van der Waals surface area contributed by atoms with Gasteiger partial charge in [0.05, 0.1) is 10.0 Å². The standard InChI is InChI=1S/C17H24Cl2FN/c1-17(2,3)12-6-4-11(5-7-12)10-21-13-8-14(18)16(20)15(19)9-13/h8-9,11-12,21H,4-7,10H2,1-3H3. The summed E-state index contributed by atoms with van der Waals surface area (Å²) in [5.41, 5.74) is 1.21. The fourth-order valence-electron chi connectivity index (χ4n) is 3.15. The maximum atomic E-state index is 13.4. The van der Waals surface area contributed by atoms with E-state index in [1.165, 1.54) is 25.7 Å². The maximum absolute atomic E-state index is 13.4. The van der Waals surface area contributed by atoms with Crippen molar-refractivity contribution in [3.63, 3.8) is 0 Å². The highest BCUT2D eigenvalue weighted by atomic mass is 35.5. The van der Waals surface area contributed by atoms with Gasteiger partial charge in [-0.25, -0.2) is 4.39 Å². The molecule has 1 saturated carbocycles. The fourth-order valence-corrected chi connectivity index (χ4v) is 3.64. The number of rotatable bonds is 3. The molecule has 1 aromatic carbocycles. The van der Waals surface area contributed by atoms with Gasteiger partial charge in [0.2, 0.25) is 0 Å². The molecular weight excluding hydrogens is 308 g/mol. The summed E-state index contributed by atoms with van der Waals surface area (Å²) in [5, 5.41) is 3.48. The van der Waals surface area contributed by atoms with Crippen molar-refractivity contribution in [3.8, 4) is 0 Å². The normalized spacial score (nSPS) is 23.1. The van der Waals surface area contributed by atoms with Gasteiger partial charge in [0.15, 0.2) is 5.82 Å². The summed E-state index contributed by atoms with van der Waals surface area (Å²) in [6.07, 6.45) is 5.08. The van der Waals surface area contributed by atoms with Crippen LogP contribution in [-0.2, 0) is 0 Å². The van der Waals surface area contributed by atoms with E-state index in [4.69, 9.17) is 23.2 Å². The highest BCUT2D eigenvalue weighted by Gasteiger charge is 2.29. The predicted molar refractivity (Wildman–Crippen MR) is 89.8 cm³/mol. The van der Waals surface area contributed by atoms with Crippen molar-refractivity contribution in [2.45, 2.75) is 46.5 Å². The topological polar surface area (TPSA) is 12.0 Å². The Labute approximate surface area is 137 Å². The van der Waals surface area contributed by atoms with Crippen LogP contribution in [0.15, 0.2) is 12.1 Å². The molecule has 4 heteroatoms. The third kappa shape index (κ3) is 4.50. The largest absolute Gasteiger partial charge is 0.385 e. The van der Waals surface area contributed by atoms with Gasteiger partial charge in [0.1, 0.15) is 0 Å². The Morgan fingerprint density at radius 3 is 2.10 bits per heavy atom. The Balaban J connectivity index is 1.85. The van der Waals surface area contributed by atoms with Crippen LogP contribution in [0, 0.1) is 23.1 Å². The molecule has 0 amide bonds. The van der Waals surface area contributed by atoms with Crippen LogP contribution < -0.4 is 5.32 Å². The molecule has 1 fully saturated rings. The molecule has 118 valence electrons. The SMILES string of the molecule is CC(C)(C)C1CCC(CNc2cc(Cl)c(F)c(Cl)c2)CC1. The van der Waals surface area contributed by atoms with E-state index in [0.29, 0.717) is 11.3 Å². The molecule has 0 radical (unpaired) electrons. The first-order chi connectivity index (χ1) is 9.77. The van der Waals surface area contributed by atoms with Crippen LogP contribution in [0.1, 0.15) is 46.5 Å². The lowest BCUT2D eigenvalue weighted by molar-refractivity contribution is 0.153. The van der Waals surface area contributed by atoms with E-state index in [0.717, 1.165) is 18.2 Å². The molecule has 1 aliphatic carbocycles. The first-order valence-corrected chi connectivity index (χ1v) is 8.41. The average Bonchev–Trinajstić information content (AvgIpc) is 2.42. The van der Waals surface area contributed by atoms with Gasteiger partial charge >= 0.3 is 0 Å². The highest BCUT2D eigenvalue weighted by molar-refractivity contribution is 6.35. The zero-order valence-electron chi connectivity index (χ0n) is 13.0. The van der Waals surface area contributed by atoms with Crippen molar-refractivity contribution >= 4 is 28.9 Å².